The lowest BCUT2D eigenvalue weighted by atomic mass is 9.82. The Morgan fingerprint density at radius 1 is 1.10 bits per heavy atom. The Kier molecular flexibility index (Phi) is 6.01. The first-order valence-electron chi connectivity index (χ1n) is 10.4. The van der Waals surface area contributed by atoms with Gasteiger partial charge >= 0.3 is 6.09 Å². The third-order valence-corrected chi connectivity index (χ3v) is 5.59. The van der Waals surface area contributed by atoms with Gasteiger partial charge in [-0.15, -0.1) is 0 Å². The van der Waals surface area contributed by atoms with Crippen molar-refractivity contribution >= 4 is 6.09 Å². The van der Waals surface area contributed by atoms with Gasteiger partial charge < -0.3 is 19.5 Å². The van der Waals surface area contributed by atoms with Gasteiger partial charge in [-0.1, -0.05) is 51.1 Å². The summed E-state index contributed by atoms with van der Waals surface area (Å²) in [5.74, 6) is -0.744. The number of benzene rings is 1. The van der Waals surface area contributed by atoms with Crippen molar-refractivity contribution < 1.29 is 19.0 Å². The average Bonchev–Trinajstić information content (AvgIpc) is 2.87. The van der Waals surface area contributed by atoms with Crippen molar-refractivity contribution in [2.45, 2.75) is 59.5 Å². The summed E-state index contributed by atoms with van der Waals surface area (Å²) in [4.78, 5) is 14.6. The van der Waals surface area contributed by atoms with Crippen LogP contribution in [-0.2, 0) is 20.8 Å². The predicted molar refractivity (Wildman–Crippen MR) is 112 cm³/mol. The quantitative estimate of drug-likeness (QED) is 0.827. The topological polar surface area (TPSA) is 60.0 Å². The van der Waals surface area contributed by atoms with E-state index in [1.807, 2.05) is 26.8 Å². The highest BCUT2D eigenvalue weighted by Gasteiger charge is 2.59. The summed E-state index contributed by atoms with van der Waals surface area (Å²) in [7, 11) is 0. The maximum atomic E-state index is 12.3. The molecule has 0 aliphatic carbocycles. The molecule has 2 heterocycles. The molecule has 1 amide bonds. The van der Waals surface area contributed by atoms with Crippen molar-refractivity contribution in [3.8, 4) is 0 Å². The SMILES string of the molecule is CC1(C)COC2(CN(Cc3ccccc3)CC2(C)CNC(=O)OC(C)(C)C)OC1. The Labute approximate surface area is 174 Å². The fourth-order valence-electron chi connectivity index (χ4n) is 4.03. The molecule has 6 nitrogen and oxygen atoms in total. The molecule has 1 unspecified atom stereocenters. The molecular formula is C23H36N2O4. The molecule has 1 N–H and O–H groups in total. The Morgan fingerprint density at radius 3 is 2.31 bits per heavy atom. The summed E-state index contributed by atoms with van der Waals surface area (Å²) in [6.45, 7) is 16.0. The zero-order valence-electron chi connectivity index (χ0n) is 18.7. The van der Waals surface area contributed by atoms with E-state index in [9.17, 15) is 4.79 Å². The fraction of sp³-hybridized carbons (Fsp3) is 0.696. The number of alkyl carbamates (subject to hydrolysis) is 1. The molecule has 1 aromatic carbocycles. The highest BCUT2D eigenvalue weighted by atomic mass is 16.7. The van der Waals surface area contributed by atoms with Crippen LogP contribution in [0.3, 0.4) is 0 Å². The minimum absolute atomic E-state index is 0.0163. The van der Waals surface area contributed by atoms with Crippen LogP contribution in [0.2, 0.25) is 0 Å². The number of carbonyl (C=O) groups excluding carboxylic acids is 1. The summed E-state index contributed by atoms with van der Waals surface area (Å²) in [6.07, 6.45) is -0.411. The van der Waals surface area contributed by atoms with E-state index in [0.29, 0.717) is 26.3 Å². The molecule has 0 aromatic heterocycles. The Bertz CT molecular complexity index is 703. The minimum atomic E-state index is -0.744. The van der Waals surface area contributed by atoms with Crippen LogP contribution in [0.4, 0.5) is 4.79 Å². The van der Waals surface area contributed by atoms with E-state index < -0.39 is 22.9 Å². The number of rotatable bonds is 4. The predicted octanol–water partition coefficient (Wildman–Crippen LogP) is 3.80. The Morgan fingerprint density at radius 2 is 1.72 bits per heavy atom. The summed E-state index contributed by atoms with van der Waals surface area (Å²) in [5, 5.41) is 2.95. The van der Waals surface area contributed by atoms with Crippen LogP contribution in [0.5, 0.6) is 0 Å². The lowest BCUT2D eigenvalue weighted by Gasteiger charge is -2.48. The third-order valence-electron chi connectivity index (χ3n) is 5.59. The number of hydrogen-bond acceptors (Lipinski definition) is 5. The minimum Gasteiger partial charge on any atom is -0.444 e. The van der Waals surface area contributed by atoms with Gasteiger partial charge in [0.05, 0.1) is 25.2 Å². The van der Waals surface area contributed by atoms with Crippen LogP contribution in [0.1, 0.15) is 47.1 Å². The van der Waals surface area contributed by atoms with Gasteiger partial charge in [0.25, 0.3) is 0 Å². The molecule has 2 saturated heterocycles. The van der Waals surface area contributed by atoms with Crippen LogP contribution in [0.15, 0.2) is 30.3 Å². The third kappa shape index (κ3) is 5.30. The number of likely N-dealkylation sites (tertiary alicyclic amines) is 1. The van der Waals surface area contributed by atoms with Crippen molar-refractivity contribution in [2.75, 3.05) is 32.8 Å². The second kappa shape index (κ2) is 7.89. The average molecular weight is 405 g/mol. The van der Waals surface area contributed by atoms with Crippen molar-refractivity contribution in [2.24, 2.45) is 10.8 Å². The summed E-state index contributed by atoms with van der Waals surface area (Å²) >= 11 is 0. The highest BCUT2D eigenvalue weighted by molar-refractivity contribution is 5.67. The van der Waals surface area contributed by atoms with Crippen LogP contribution in [0, 0.1) is 10.8 Å². The van der Waals surface area contributed by atoms with Gasteiger partial charge in [-0.2, -0.15) is 0 Å². The number of nitrogens with zero attached hydrogens (tertiary/aromatic N) is 1. The lowest BCUT2D eigenvalue weighted by Crippen LogP contribution is -2.60. The van der Waals surface area contributed by atoms with Gasteiger partial charge in [-0.3, -0.25) is 4.90 Å². The maximum absolute atomic E-state index is 12.3. The summed E-state index contributed by atoms with van der Waals surface area (Å²) < 4.78 is 18.2. The molecule has 1 spiro atoms. The standard InChI is InChI=1S/C23H36N2O4/c1-20(2,3)29-19(26)24-13-22(6)14-25(12-18-10-8-7-9-11-18)15-23(22)27-16-21(4,5)17-28-23/h7-11H,12-17H2,1-6H3,(H,24,26). The van der Waals surface area contributed by atoms with E-state index in [-0.39, 0.29) is 5.41 Å². The van der Waals surface area contributed by atoms with E-state index in [4.69, 9.17) is 14.2 Å². The zero-order chi connectivity index (χ0) is 21.3. The first kappa shape index (κ1) is 22.1. The van der Waals surface area contributed by atoms with Crippen LogP contribution >= 0.6 is 0 Å². The second-order valence-corrected chi connectivity index (χ2v) is 10.5. The van der Waals surface area contributed by atoms with Crippen LogP contribution < -0.4 is 5.32 Å². The lowest BCUT2D eigenvalue weighted by molar-refractivity contribution is -0.327. The van der Waals surface area contributed by atoms with Gasteiger partial charge in [0.1, 0.15) is 5.60 Å². The van der Waals surface area contributed by atoms with Gasteiger partial charge in [0.2, 0.25) is 0 Å². The molecular weight excluding hydrogens is 368 g/mol. The first-order valence-corrected chi connectivity index (χ1v) is 10.4. The smallest absolute Gasteiger partial charge is 0.407 e. The van der Waals surface area contributed by atoms with E-state index in [1.165, 1.54) is 5.56 Å². The van der Waals surface area contributed by atoms with Gasteiger partial charge in [0, 0.05) is 25.0 Å². The molecule has 2 fully saturated rings. The maximum Gasteiger partial charge on any atom is 0.407 e. The van der Waals surface area contributed by atoms with Crippen molar-refractivity contribution in [1.82, 2.24) is 10.2 Å². The number of carbonyl (C=O) groups is 1. The van der Waals surface area contributed by atoms with E-state index in [2.05, 4.69) is 55.3 Å². The molecule has 1 aromatic rings. The first-order chi connectivity index (χ1) is 13.4. The van der Waals surface area contributed by atoms with Gasteiger partial charge in [-0.25, -0.2) is 4.79 Å². The largest absolute Gasteiger partial charge is 0.444 e. The number of hydrogen-bond donors (Lipinski definition) is 1. The number of ether oxygens (including phenoxy) is 3. The monoisotopic (exact) mass is 404 g/mol. The Balaban J connectivity index is 1.74. The molecule has 2 aliphatic heterocycles. The second-order valence-electron chi connectivity index (χ2n) is 10.5. The summed E-state index contributed by atoms with van der Waals surface area (Å²) in [5.41, 5.74) is 0.315. The van der Waals surface area contributed by atoms with Gasteiger partial charge in [0.15, 0.2) is 5.79 Å². The van der Waals surface area contributed by atoms with Crippen molar-refractivity contribution in [3.05, 3.63) is 35.9 Å². The van der Waals surface area contributed by atoms with Crippen LogP contribution in [-0.4, -0.2) is 55.2 Å². The van der Waals surface area contributed by atoms with Crippen molar-refractivity contribution in [1.29, 1.82) is 0 Å². The molecule has 29 heavy (non-hydrogen) atoms. The normalized spacial score (nSPS) is 26.4. The number of amides is 1. The van der Waals surface area contributed by atoms with E-state index >= 15 is 0 Å². The highest BCUT2D eigenvalue weighted by Crippen LogP contribution is 2.47. The summed E-state index contributed by atoms with van der Waals surface area (Å²) in [6, 6.07) is 10.4. The van der Waals surface area contributed by atoms with Crippen LogP contribution in [0.25, 0.3) is 0 Å². The molecule has 0 bridgehead atoms. The zero-order valence-corrected chi connectivity index (χ0v) is 18.7. The number of nitrogens with one attached hydrogen (secondary N) is 1. The van der Waals surface area contributed by atoms with Gasteiger partial charge in [-0.05, 0) is 26.3 Å². The molecule has 1 atom stereocenters. The molecule has 0 radical (unpaired) electrons. The fourth-order valence-corrected chi connectivity index (χ4v) is 4.03. The van der Waals surface area contributed by atoms with E-state index in [0.717, 1.165) is 13.1 Å². The molecule has 0 saturated carbocycles. The molecule has 2 aliphatic rings. The molecule has 3 rings (SSSR count). The molecule has 162 valence electrons. The Hall–Kier alpha value is -1.63. The molecule has 6 heteroatoms. The van der Waals surface area contributed by atoms with E-state index in [1.54, 1.807) is 0 Å². The van der Waals surface area contributed by atoms with Crippen molar-refractivity contribution in [3.63, 3.8) is 0 Å².